The van der Waals surface area contributed by atoms with Gasteiger partial charge in [0.1, 0.15) is 0 Å². The van der Waals surface area contributed by atoms with Crippen LogP contribution in [0.25, 0.3) is 0 Å². The van der Waals surface area contributed by atoms with E-state index in [-0.39, 0.29) is 0 Å². The quantitative estimate of drug-likeness (QED) is 0.724. The van der Waals surface area contributed by atoms with E-state index < -0.39 is 0 Å². The van der Waals surface area contributed by atoms with Crippen LogP contribution in [0.5, 0.6) is 0 Å². The van der Waals surface area contributed by atoms with Crippen LogP contribution in [-0.4, -0.2) is 7.05 Å². The molecule has 0 aliphatic rings. The molecule has 0 amide bonds. The monoisotopic (exact) mass is 320 g/mol. The van der Waals surface area contributed by atoms with E-state index in [9.17, 15) is 0 Å². The summed E-state index contributed by atoms with van der Waals surface area (Å²) in [4.78, 5) is 0. The molecule has 2 aromatic carbocycles. The molecule has 0 fully saturated rings. The van der Waals surface area contributed by atoms with Crippen molar-refractivity contribution in [3.8, 4) is 0 Å². The van der Waals surface area contributed by atoms with Crippen molar-refractivity contribution in [2.45, 2.75) is 12.8 Å². The molecule has 0 aromatic heterocycles. The number of benzene rings is 2. The second-order valence-electron chi connectivity index (χ2n) is 4.61. The molecule has 0 saturated heterocycles. The van der Waals surface area contributed by atoms with Gasteiger partial charge in [0.05, 0.1) is 0 Å². The van der Waals surface area contributed by atoms with Gasteiger partial charge in [-0.1, -0.05) is 35.3 Å². The molecule has 2 aromatic rings. The van der Waals surface area contributed by atoms with Crippen LogP contribution in [0.15, 0.2) is 54.7 Å². The second kappa shape index (κ2) is 7.96. The smallest absolute Gasteiger partial charge is 0.0458 e. The molecule has 0 aliphatic carbocycles. The van der Waals surface area contributed by atoms with E-state index in [4.69, 9.17) is 23.2 Å². The average molecular weight is 321 g/mol. The van der Waals surface area contributed by atoms with Crippen LogP contribution in [0.4, 0.5) is 11.4 Å². The zero-order valence-corrected chi connectivity index (χ0v) is 13.4. The first-order valence-corrected chi connectivity index (χ1v) is 7.58. The van der Waals surface area contributed by atoms with Gasteiger partial charge in [0.15, 0.2) is 0 Å². The lowest BCUT2D eigenvalue weighted by atomic mass is 10.1. The first-order chi connectivity index (χ1) is 10.2. The zero-order chi connectivity index (χ0) is 15.1. The third-order valence-corrected chi connectivity index (χ3v) is 3.77. The SMILES string of the molecule is CNc1cccc(Cl)c1CC/C=C\Nc1ccc(Cl)cc1. The highest BCUT2D eigenvalue weighted by Crippen LogP contribution is 2.25. The second-order valence-corrected chi connectivity index (χ2v) is 5.45. The normalized spacial score (nSPS) is 10.8. The summed E-state index contributed by atoms with van der Waals surface area (Å²) < 4.78 is 0. The molecule has 2 nitrogen and oxygen atoms in total. The van der Waals surface area contributed by atoms with Crippen LogP contribution in [0.3, 0.4) is 0 Å². The maximum absolute atomic E-state index is 6.24. The van der Waals surface area contributed by atoms with Crippen LogP contribution >= 0.6 is 23.2 Å². The molecule has 4 heteroatoms. The molecular weight excluding hydrogens is 303 g/mol. The third-order valence-electron chi connectivity index (χ3n) is 3.16. The van der Waals surface area contributed by atoms with Gasteiger partial charge in [-0.05, 0) is 61.0 Å². The van der Waals surface area contributed by atoms with Crippen molar-refractivity contribution >= 4 is 34.6 Å². The van der Waals surface area contributed by atoms with E-state index in [0.717, 1.165) is 39.8 Å². The van der Waals surface area contributed by atoms with Gasteiger partial charge >= 0.3 is 0 Å². The van der Waals surface area contributed by atoms with Gasteiger partial charge in [0.25, 0.3) is 0 Å². The molecule has 0 aliphatic heterocycles. The zero-order valence-electron chi connectivity index (χ0n) is 11.9. The summed E-state index contributed by atoms with van der Waals surface area (Å²) in [5.41, 5.74) is 3.25. The minimum Gasteiger partial charge on any atom is -0.388 e. The Kier molecular flexibility index (Phi) is 5.97. The first-order valence-electron chi connectivity index (χ1n) is 6.83. The van der Waals surface area contributed by atoms with Gasteiger partial charge in [-0.15, -0.1) is 0 Å². The first kappa shape index (κ1) is 15.7. The molecular formula is C17H18Cl2N2. The van der Waals surface area contributed by atoms with E-state index >= 15 is 0 Å². The molecule has 0 heterocycles. The lowest BCUT2D eigenvalue weighted by molar-refractivity contribution is 1.00. The van der Waals surface area contributed by atoms with Gasteiger partial charge in [-0.25, -0.2) is 0 Å². The molecule has 21 heavy (non-hydrogen) atoms. The highest BCUT2D eigenvalue weighted by Gasteiger charge is 2.04. The third kappa shape index (κ3) is 4.69. The molecule has 0 radical (unpaired) electrons. The number of nitrogens with one attached hydrogen (secondary N) is 2. The van der Waals surface area contributed by atoms with E-state index in [0.29, 0.717) is 0 Å². The Bertz CT molecular complexity index is 607. The van der Waals surface area contributed by atoms with Crippen LogP contribution in [-0.2, 0) is 6.42 Å². The number of hydrogen-bond donors (Lipinski definition) is 2. The fourth-order valence-corrected chi connectivity index (χ4v) is 2.45. The fourth-order valence-electron chi connectivity index (χ4n) is 2.06. The van der Waals surface area contributed by atoms with Crippen molar-refractivity contribution in [2.75, 3.05) is 17.7 Å². The van der Waals surface area contributed by atoms with Crippen LogP contribution in [0.2, 0.25) is 10.0 Å². The van der Waals surface area contributed by atoms with Crippen molar-refractivity contribution in [1.29, 1.82) is 0 Å². The summed E-state index contributed by atoms with van der Waals surface area (Å²) >= 11 is 12.1. The lowest BCUT2D eigenvalue weighted by Gasteiger charge is -2.09. The van der Waals surface area contributed by atoms with Crippen molar-refractivity contribution < 1.29 is 0 Å². The minimum atomic E-state index is 0.739. The maximum atomic E-state index is 6.24. The fraction of sp³-hybridized carbons (Fsp3) is 0.176. The van der Waals surface area contributed by atoms with Gasteiger partial charge < -0.3 is 10.6 Å². The lowest BCUT2D eigenvalue weighted by Crippen LogP contribution is -1.96. The largest absolute Gasteiger partial charge is 0.388 e. The van der Waals surface area contributed by atoms with Crippen molar-refractivity contribution in [1.82, 2.24) is 0 Å². The number of allylic oxidation sites excluding steroid dienone is 1. The molecule has 0 spiro atoms. The highest BCUT2D eigenvalue weighted by molar-refractivity contribution is 6.31. The molecule has 0 bridgehead atoms. The van der Waals surface area contributed by atoms with E-state index in [1.54, 1.807) is 0 Å². The Balaban J connectivity index is 1.87. The van der Waals surface area contributed by atoms with Gasteiger partial charge in [0.2, 0.25) is 0 Å². The van der Waals surface area contributed by atoms with Gasteiger partial charge in [0, 0.05) is 28.5 Å². The molecule has 0 unspecified atom stereocenters. The minimum absolute atomic E-state index is 0.739. The molecule has 0 atom stereocenters. The molecule has 2 N–H and O–H groups in total. The Morgan fingerprint density at radius 1 is 1.05 bits per heavy atom. The maximum Gasteiger partial charge on any atom is 0.0458 e. The van der Waals surface area contributed by atoms with Crippen LogP contribution in [0.1, 0.15) is 12.0 Å². The standard InChI is InChI=1S/C17H18Cl2N2/c1-20-17-7-4-6-16(19)15(17)5-2-3-12-21-14-10-8-13(18)9-11-14/h3-4,6-12,20-21H,2,5H2,1H3/b12-3-. The topological polar surface area (TPSA) is 24.1 Å². The summed E-state index contributed by atoms with van der Waals surface area (Å²) in [6.45, 7) is 0. The Labute approximate surface area is 135 Å². The van der Waals surface area contributed by atoms with Crippen LogP contribution in [0, 0.1) is 0 Å². The number of halogens is 2. The van der Waals surface area contributed by atoms with Crippen molar-refractivity contribution in [2.24, 2.45) is 0 Å². The molecule has 110 valence electrons. The van der Waals surface area contributed by atoms with Gasteiger partial charge in [-0.2, -0.15) is 0 Å². The summed E-state index contributed by atoms with van der Waals surface area (Å²) in [6.07, 6.45) is 5.85. The molecule has 0 saturated carbocycles. The number of hydrogen-bond acceptors (Lipinski definition) is 2. The number of rotatable bonds is 6. The Morgan fingerprint density at radius 2 is 1.81 bits per heavy atom. The average Bonchev–Trinajstić information content (AvgIpc) is 2.50. The van der Waals surface area contributed by atoms with E-state index in [1.165, 1.54) is 0 Å². The highest BCUT2D eigenvalue weighted by atomic mass is 35.5. The Morgan fingerprint density at radius 3 is 2.52 bits per heavy atom. The number of anilines is 2. The Hall–Kier alpha value is -1.64. The van der Waals surface area contributed by atoms with E-state index in [1.807, 2.05) is 55.7 Å². The van der Waals surface area contributed by atoms with Crippen molar-refractivity contribution in [3.63, 3.8) is 0 Å². The molecule has 2 rings (SSSR count). The predicted octanol–water partition coefficient (Wildman–Crippen LogP) is 5.59. The summed E-state index contributed by atoms with van der Waals surface area (Å²) in [6, 6.07) is 13.5. The summed E-state index contributed by atoms with van der Waals surface area (Å²) in [7, 11) is 1.91. The van der Waals surface area contributed by atoms with E-state index in [2.05, 4.69) is 16.7 Å². The summed E-state index contributed by atoms with van der Waals surface area (Å²) in [5.74, 6) is 0. The van der Waals surface area contributed by atoms with Crippen molar-refractivity contribution in [3.05, 3.63) is 70.3 Å². The van der Waals surface area contributed by atoms with Crippen LogP contribution < -0.4 is 10.6 Å². The summed E-state index contributed by atoms with van der Waals surface area (Å²) in [5, 5.41) is 7.93. The van der Waals surface area contributed by atoms with Gasteiger partial charge in [-0.3, -0.25) is 0 Å². The predicted molar refractivity (Wildman–Crippen MR) is 93.5 cm³/mol.